The van der Waals surface area contributed by atoms with E-state index >= 15 is 0 Å². The third-order valence-corrected chi connectivity index (χ3v) is 5.63. The number of ether oxygens (including phenoxy) is 2. The van der Waals surface area contributed by atoms with Crippen LogP contribution in [0.15, 0.2) is 48.5 Å². The van der Waals surface area contributed by atoms with Crippen molar-refractivity contribution in [3.05, 3.63) is 65.2 Å². The SMILES string of the molecule is CS(=O)(=O)Cc1ccc(C(=O)NCc2cccc(OCCN3CCOCC3)c2)cc1. The normalized spacial score (nSPS) is 15.0. The zero-order chi connectivity index (χ0) is 21.4. The van der Waals surface area contributed by atoms with Crippen molar-refractivity contribution in [1.82, 2.24) is 10.2 Å². The summed E-state index contributed by atoms with van der Waals surface area (Å²) < 4.78 is 33.9. The van der Waals surface area contributed by atoms with Gasteiger partial charge in [-0.3, -0.25) is 9.69 Å². The minimum Gasteiger partial charge on any atom is -0.492 e. The van der Waals surface area contributed by atoms with Crippen molar-refractivity contribution in [3.8, 4) is 5.75 Å². The topological polar surface area (TPSA) is 84.9 Å². The predicted octanol–water partition coefficient (Wildman–Crippen LogP) is 1.87. The van der Waals surface area contributed by atoms with Gasteiger partial charge in [-0.05, 0) is 35.4 Å². The van der Waals surface area contributed by atoms with Gasteiger partial charge in [-0.1, -0.05) is 24.3 Å². The van der Waals surface area contributed by atoms with E-state index in [-0.39, 0.29) is 11.7 Å². The van der Waals surface area contributed by atoms with Gasteiger partial charge in [0.25, 0.3) is 5.91 Å². The van der Waals surface area contributed by atoms with Crippen LogP contribution in [-0.4, -0.2) is 64.9 Å². The molecule has 0 spiro atoms. The average molecular weight is 433 g/mol. The summed E-state index contributed by atoms with van der Waals surface area (Å²) in [5.74, 6) is 0.535. The molecule has 1 heterocycles. The third kappa shape index (κ3) is 7.44. The molecule has 1 fully saturated rings. The van der Waals surface area contributed by atoms with Gasteiger partial charge in [0.15, 0.2) is 9.84 Å². The molecule has 2 aromatic carbocycles. The molecule has 0 bridgehead atoms. The molecule has 0 atom stereocenters. The van der Waals surface area contributed by atoms with Gasteiger partial charge < -0.3 is 14.8 Å². The van der Waals surface area contributed by atoms with Gasteiger partial charge in [-0.2, -0.15) is 0 Å². The van der Waals surface area contributed by atoms with Gasteiger partial charge in [0.2, 0.25) is 0 Å². The Hall–Kier alpha value is -2.42. The van der Waals surface area contributed by atoms with Crippen molar-refractivity contribution in [2.24, 2.45) is 0 Å². The van der Waals surface area contributed by atoms with Crippen molar-refractivity contribution in [3.63, 3.8) is 0 Å². The molecule has 7 nitrogen and oxygen atoms in total. The van der Waals surface area contributed by atoms with Crippen LogP contribution in [0.4, 0.5) is 0 Å². The van der Waals surface area contributed by atoms with Crippen LogP contribution in [0.25, 0.3) is 0 Å². The largest absolute Gasteiger partial charge is 0.492 e. The van der Waals surface area contributed by atoms with Gasteiger partial charge >= 0.3 is 0 Å². The molecule has 162 valence electrons. The third-order valence-electron chi connectivity index (χ3n) is 4.78. The van der Waals surface area contributed by atoms with Crippen LogP contribution in [0, 0.1) is 0 Å². The summed E-state index contributed by atoms with van der Waals surface area (Å²) in [6.07, 6.45) is 1.19. The summed E-state index contributed by atoms with van der Waals surface area (Å²) in [7, 11) is -3.09. The molecule has 30 heavy (non-hydrogen) atoms. The number of carbonyl (C=O) groups is 1. The van der Waals surface area contributed by atoms with Gasteiger partial charge in [0.1, 0.15) is 12.4 Å². The highest BCUT2D eigenvalue weighted by molar-refractivity contribution is 7.89. The Kier molecular flexibility index (Phi) is 7.84. The first-order valence-electron chi connectivity index (χ1n) is 9.96. The molecular weight excluding hydrogens is 404 g/mol. The number of amides is 1. The lowest BCUT2D eigenvalue weighted by Crippen LogP contribution is -2.38. The van der Waals surface area contributed by atoms with Crippen molar-refractivity contribution >= 4 is 15.7 Å². The highest BCUT2D eigenvalue weighted by atomic mass is 32.2. The number of nitrogens with zero attached hydrogens (tertiary/aromatic N) is 1. The Morgan fingerprint density at radius 2 is 1.83 bits per heavy atom. The minimum absolute atomic E-state index is 0.0345. The van der Waals surface area contributed by atoms with E-state index in [1.807, 2.05) is 24.3 Å². The number of hydrogen-bond donors (Lipinski definition) is 1. The van der Waals surface area contributed by atoms with Crippen LogP contribution < -0.4 is 10.1 Å². The molecule has 1 aliphatic heterocycles. The van der Waals surface area contributed by atoms with Crippen LogP contribution >= 0.6 is 0 Å². The van der Waals surface area contributed by atoms with Crippen molar-refractivity contribution in [1.29, 1.82) is 0 Å². The number of benzene rings is 2. The predicted molar refractivity (Wildman–Crippen MR) is 115 cm³/mol. The first-order chi connectivity index (χ1) is 14.4. The average Bonchev–Trinajstić information content (AvgIpc) is 2.72. The Morgan fingerprint density at radius 3 is 2.53 bits per heavy atom. The quantitative estimate of drug-likeness (QED) is 0.651. The van der Waals surface area contributed by atoms with Crippen molar-refractivity contribution in [2.45, 2.75) is 12.3 Å². The molecule has 2 aromatic rings. The van der Waals surface area contributed by atoms with E-state index in [2.05, 4.69) is 10.2 Å². The van der Waals surface area contributed by atoms with E-state index in [9.17, 15) is 13.2 Å². The Balaban J connectivity index is 1.46. The van der Waals surface area contributed by atoms with Crippen LogP contribution in [-0.2, 0) is 26.9 Å². The Morgan fingerprint density at radius 1 is 1.10 bits per heavy atom. The van der Waals surface area contributed by atoms with E-state index in [4.69, 9.17) is 9.47 Å². The Labute approximate surface area is 177 Å². The molecule has 3 rings (SSSR count). The highest BCUT2D eigenvalue weighted by Gasteiger charge is 2.10. The maximum absolute atomic E-state index is 12.4. The van der Waals surface area contributed by atoms with E-state index in [0.29, 0.717) is 24.3 Å². The van der Waals surface area contributed by atoms with E-state index in [1.54, 1.807) is 24.3 Å². The zero-order valence-corrected chi connectivity index (χ0v) is 18.0. The molecule has 8 heteroatoms. The number of sulfone groups is 1. The first-order valence-corrected chi connectivity index (χ1v) is 12.0. The van der Waals surface area contributed by atoms with Crippen LogP contribution in [0.3, 0.4) is 0 Å². The van der Waals surface area contributed by atoms with E-state index < -0.39 is 9.84 Å². The lowest BCUT2D eigenvalue weighted by atomic mass is 10.1. The second kappa shape index (κ2) is 10.6. The lowest BCUT2D eigenvalue weighted by Gasteiger charge is -2.26. The molecule has 0 saturated carbocycles. The molecule has 0 radical (unpaired) electrons. The van der Waals surface area contributed by atoms with E-state index in [0.717, 1.165) is 44.2 Å². The zero-order valence-electron chi connectivity index (χ0n) is 17.2. The molecule has 1 amide bonds. The smallest absolute Gasteiger partial charge is 0.251 e. The summed E-state index contributed by atoms with van der Waals surface area (Å²) in [6.45, 7) is 5.26. The summed E-state index contributed by atoms with van der Waals surface area (Å²) in [5.41, 5.74) is 2.10. The number of hydrogen-bond acceptors (Lipinski definition) is 6. The standard InChI is InChI=1S/C22H28N2O5S/c1-30(26,27)17-18-5-7-20(8-6-18)22(25)23-16-19-3-2-4-21(15-19)29-14-11-24-9-12-28-13-10-24/h2-8,15H,9-14,16-17H2,1H3,(H,23,25). The minimum atomic E-state index is -3.09. The molecule has 1 N–H and O–H groups in total. The van der Waals surface area contributed by atoms with Crippen LogP contribution in [0.2, 0.25) is 0 Å². The molecule has 0 aromatic heterocycles. The summed E-state index contributed by atoms with van der Waals surface area (Å²) in [5, 5.41) is 2.88. The van der Waals surface area contributed by atoms with E-state index in [1.165, 1.54) is 6.26 Å². The maximum atomic E-state index is 12.4. The van der Waals surface area contributed by atoms with Crippen LogP contribution in [0.1, 0.15) is 21.5 Å². The Bertz CT molecular complexity index is 938. The monoisotopic (exact) mass is 432 g/mol. The number of morpholine rings is 1. The number of rotatable bonds is 9. The van der Waals surface area contributed by atoms with Gasteiger partial charge in [-0.15, -0.1) is 0 Å². The maximum Gasteiger partial charge on any atom is 0.251 e. The second-order valence-corrected chi connectivity index (χ2v) is 9.54. The second-order valence-electron chi connectivity index (χ2n) is 7.40. The molecular formula is C22H28N2O5S. The summed E-state index contributed by atoms with van der Waals surface area (Å²) >= 11 is 0. The number of carbonyl (C=O) groups excluding carboxylic acids is 1. The van der Waals surface area contributed by atoms with Gasteiger partial charge in [0, 0.05) is 38.0 Å². The highest BCUT2D eigenvalue weighted by Crippen LogP contribution is 2.14. The lowest BCUT2D eigenvalue weighted by molar-refractivity contribution is 0.0322. The molecule has 1 aliphatic rings. The fourth-order valence-electron chi connectivity index (χ4n) is 3.20. The summed E-state index contributed by atoms with van der Waals surface area (Å²) in [4.78, 5) is 14.7. The molecule has 0 aliphatic carbocycles. The fourth-order valence-corrected chi connectivity index (χ4v) is 4.00. The van der Waals surface area contributed by atoms with Crippen molar-refractivity contribution in [2.75, 3.05) is 45.7 Å². The summed E-state index contributed by atoms with van der Waals surface area (Å²) in [6, 6.07) is 14.3. The fraction of sp³-hybridized carbons (Fsp3) is 0.409. The number of nitrogens with one attached hydrogen (secondary N) is 1. The first kappa shape index (κ1) is 22.3. The van der Waals surface area contributed by atoms with Crippen molar-refractivity contribution < 1.29 is 22.7 Å². The molecule has 1 saturated heterocycles. The van der Waals surface area contributed by atoms with Gasteiger partial charge in [0.05, 0.1) is 19.0 Å². The molecule has 0 unspecified atom stereocenters. The van der Waals surface area contributed by atoms with Gasteiger partial charge in [-0.25, -0.2) is 8.42 Å². The van der Waals surface area contributed by atoms with Crippen LogP contribution in [0.5, 0.6) is 5.75 Å².